The third-order valence-electron chi connectivity index (χ3n) is 4.00. The van der Waals surface area contributed by atoms with Gasteiger partial charge in [0.2, 0.25) is 11.8 Å². The van der Waals surface area contributed by atoms with Crippen molar-refractivity contribution >= 4 is 11.6 Å². The molecule has 28 heavy (non-hydrogen) atoms. The van der Waals surface area contributed by atoms with E-state index in [2.05, 4.69) is 15.5 Å². The zero-order chi connectivity index (χ0) is 19.9. The second-order valence-corrected chi connectivity index (χ2v) is 6.53. The highest BCUT2D eigenvalue weighted by atomic mass is 16.5. The van der Waals surface area contributed by atoms with E-state index in [1.807, 2.05) is 38.1 Å². The van der Waals surface area contributed by atoms with Gasteiger partial charge in [0.25, 0.3) is 0 Å². The van der Waals surface area contributed by atoms with Gasteiger partial charge in [-0.15, -0.1) is 0 Å². The zero-order valence-corrected chi connectivity index (χ0v) is 16.1. The van der Waals surface area contributed by atoms with Crippen molar-refractivity contribution in [3.63, 3.8) is 0 Å². The number of aromatic nitrogens is 2. The fourth-order valence-corrected chi connectivity index (χ4v) is 2.48. The van der Waals surface area contributed by atoms with Crippen molar-refractivity contribution in [3.8, 4) is 17.2 Å². The number of nitrogens with one attached hydrogen (secondary N) is 1. The lowest BCUT2D eigenvalue weighted by Crippen LogP contribution is -2.12. The first-order valence-electron chi connectivity index (χ1n) is 9.08. The molecule has 1 N–H and O–H groups in total. The van der Waals surface area contributed by atoms with Gasteiger partial charge in [-0.25, -0.2) is 0 Å². The van der Waals surface area contributed by atoms with Crippen molar-refractivity contribution in [1.82, 2.24) is 10.1 Å². The van der Waals surface area contributed by atoms with Crippen LogP contribution in [0.5, 0.6) is 17.2 Å². The Kier molecular flexibility index (Phi) is 6.26. The summed E-state index contributed by atoms with van der Waals surface area (Å²) in [5.41, 5.74) is 0.686. The molecule has 1 aromatic heterocycles. The zero-order valence-electron chi connectivity index (χ0n) is 16.1. The van der Waals surface area contributed by atoms with Crippen LogP contribution in [0, 0.1) is 0 Å². The average molecular weight is 381 g/mol. The molecule has 0 saturated heterocycles. The third-order valence-corrected chi connectivity index (χ3v) is 4.00. The summed E-state index contributed by atoms with van der Waals surface area (Å²) < 4.78 is 16.2. The highest BCUT2D eigenvalue weighted by Crippen LogP contribution is 2.31. The molecular weight excluding hydrogens is 358 g/mol. The predicted octanol–water partition coefficient (Wildman–Crippen LogP) is 4.57. The molecule has 0 aliphatic heterocycles. The lowest BCUT2D eigenvalue weighted by molar-refractivity contribution is -0.116. The summed E-state index contributed by atoms with van der Waals surface area (Å²) in [7, 11) is 1.60. The normalized spacial score (nSPS) is 10.7. The van der Waals surface area contributed by atoms with Gasteiger partial charge < -0.3 is 19.3 Å². The summed E-state index contributed by atoms with van der Waals surface area (Å²) in [6.07, 6.45) is 0.666. The minimum absolute atomic E-state index is 0.123. The Morgan fingerprint density at radius 2 is 1.82 bits per heavy atom. The molecule has 0 radical (unpaired) electrons. The Balaban J connectivity index is 1.52. The van der Waals surface area contributed by atoms with Gasteiger partial charge in [-0.2, -0.15) is 4.98 Å². The quantitative estimate of drug-likeness (QED) is 0.615. The van der Waals surface area contributed by atoms with Gasteiger partial charge in [-0.05, 0) is 36.4 Å². The maximum absolute atomic E-state index is 12.1. The summed E-state index contributed by atoms with van der Waals surface area (Å²) in [5, 5.41) is 6.74. The number of hydrogen-bond acceptors (Lipinski definition) is 6. The molecule has 1 amide bonds. The Morgan fingerprint density at radius 1 is 1.11 bits per heavy atom. The van der Waals surface area contributed by atoms with Crippen LogP contribution >= 0.6 is 0 Å². The average Bonchev–Trinajstić information content (AvgIpc) is 3.18. The maximum Gasteiger partial charge on any atom is 0.227 e. The number of anilines is 1. The molecule has 0 aliphatic carbocycles. The van der Waals surface area contributed by atoms with Crippen molar-refractivity contribution in [1.29, 1.82) is 0 Å². The molecule has 0 saturated carbocycles. The number of aryl methyl sites for hydroxylation is 1. The fraction of sp³-hybridized carbons (Fsp3) is 0.286. The molecule has 1 heterocycles. The van der Waals surface area contributed by atoms with E-state index >= 15 is 0 Å². The molecule has 3 rings (SSSR count). The minimum atomic E-state index is -0.123. The second-order valence-electron chi connectivity index (χ2n) is 6.53. The monoisotopic (exact) mass is 381 g/mol. The Hall–Kier alpha value is -3.35. The predicted molar refractivity (Wildman–Crippen MR) is 105 cm³/mol. The van der Waals surface area contributed by atoms with Crippen LogP contribution in [0.3, 0.4) is 0 Å². The van der Waals surface area contributed by atoms with Crippen molar-refractivity contribution in [2.45, 2.75) is 32.6 Å². The number of carbonyl (C=O) groups is 1. The molecular formula is C21H23N3O4. The van der Waals surface area contributed by atoms with Gasteiger partial charge in [0.1, 0.15) is 5.75 Å². The Bertz CT molecular complexity index is 919. The summed E-state index contributed by atoms with van der Waals surface area (Å²) in [6, 6.07) is 14.6. The van der Waals surface area contributed by atoms with Gasteiger partial charge in [0.05, 0.1) is 7.11 Å². The lowest BCUT2D eigenvalue weighted by atomic mass is 10.2. The fourth-order valence-electron chi connectivity index (χ4n) is 2.48. The number of nitrogens with zero attached hydrogens (tertiary/aromatic N) is 2. The van der Waals surface area contributed by atoms with E-state index in [4.69, 9.17) is 14.0 Å². The van der Waals surface area contributed by atoms with E-state index < -0.39 is 0 Å². The molecule has 0 bridgehead atoms. The van der Waals surface area contributed by atoms with Crippen LogP contribution in [0.4, 0.5) is 5.69 Å². The number of para-hydroxylation sites is 2. The largest absolute Gasteiger partial charge is 0.493 e. The number of hydrogen-bond donors (Lipinski definition) is 1. The molecule has 146 valence electrons. The number of methoxy groups -OCH3 is 1. The highest BCUT2D eigenvalue weighted by molar-refractivity contribution is 5.90. The maximum atomic E-state index is 12.1. The molecule has 0 aliphatic rings. The molecule has 7 nitrogen and oxygen atoms in total. The van der Waals surface area contributed by atoms with Crippen LogP contribution < -0.4 is 14.8 Å². The van der Waals surface area contributed by atoms with Gasteiger partial charge in [-0.3, -0.25) is 4.79 Å². The van der Waals surface area contributed by atoms with Crippen LogP contribution in [0.2, 0.25) is 0 Å². The Labute approximate surface area is 163 Å². The molecule has 0 unspecified atom stereocenters. The number of benzene rings is 2. The number of ether oxygens (including phenoxy) is 2. The van der Waals surface area contributed by atoms with E-state index in [0.717, 1.165) is 0 Å². The van der Waals surface area contributed by atoms with Gasteiger partial charge in [0.15, 0.2) is 17.3 Å². The third kappa shape index (κ3) is 5.09. The summed E-state index contributed by atoms with van der Waals surface area (Å²) in [5.74, 6) is 3.13. The van der Waals surface area contributed by atoms with Gasteiger partial charge >= 0.3 is 0 Å². The van der Waals surface area contributed by atoms with Crippen LogP contribution in [-0.2, 0) is 11.2 Å². The molecule has 0 atom stereocenters. The second kappa shape index (κ2) is 9.03. The summed E-state index contributed by atoms with van der Waals surface area (Å²) >= 11 is 0. The number of amides is 1. The van der Waals surface area contributed by atoms with E-state index in [0.29, 0.717) is 41.1 Å². The van der Waals surface area contributed by atoms with Crippen molar-refractivity contribution < 1.29 is 18.8 Å². The summed E-state index contributed by atoms with van der Waals surface area (Å²) in [4.78, 5) is 16.4. The van der Waals surface area contributed by atoms with E-state index in [1.54, 1.807) is 31.4 Å². The van der Waals surface area contributed by atoms with Crippen LogP contribution in [0.15, 0.2) is 53.1 Å². The first kappa shape index (κ1) is 19.4. The van der Waals surface area contributed by atoms with Gasteiger partial charge in [0, 0.05) is 24.4 Å². The van der Waals surface area contributed by atoms with Crippen LogP contribution in [-0.4, -0.2) is 23.2 Å². The van der Waals surface area contributed by atoms with Crippen molar-refractivity contribution in [2.75, 3.05) is 12.4 Å². The van der Waals surface area contributed by atoms with E-state index in [9.17, 15) is 4.79 Å². The molecule has 2 aromatic carbocycles. The number of rotatable bonds is 8. The highest BCUT2D eigenvalue weighted by Gasteiger charge is 2.12. The van der Waals surface area contributed by atoms with E-state index in [-0.39, 0.29) is 18.2 Å². The first-order chi connectivity index (χ1) is 13.5. The van der Waals surface area contributed by atoms with Crippen LogP contribution in [0.1, 0.15) is 37.9 Å². The molecule has 3 aromatic rings. The van der Waals surface area contributed by atoms with E-state index in [1.165, 1.54) is 0 Å². The topological polar surface area (TPSA) is 86.5 Å². The van der Waals surface area contributed by atoms with Crippen LogP contribution in [0.25, 0.3) is 0 Å². The Morgan fingerprint density at radius 3 is 2.46 bits per heavy atom. The molecule has 0 spiro atoms. The van der Waals surface area contributed by atoms with Crippen molar-refractivity contribution in [2.24, 2.45) is 0 Å². The smallest absolute Gasteiger partial charge is 0.227 e. The van der Waals surface area contributed by atoms with Gasteiger partial charge in [-0.1, -0.05) is 31.1 Å². The molecule has 0 fully saturated rings. The number of carbonyl (C=O) groups excluding carboxylic acids is 1. The minimum Gasteiger partial charge on any atom is -0.493 e. The first-order valence-corrected chi connectivity index (χ1v) is 9.08. The molecule has 7 heteroatoms. The SMILES string of the molecule is COc1ccccc1Oc1ccc(NC(=O)CCc2nc(C(C)C)no2)cc1. The van der Waals surface area contributed by atoms with Crippen molar-refractivity contribution in [3.05, 3.63) is 60.2 Å². The summed E-state index contributed by atoms with van der Waals surface area (Å²) in [6.45, 7) is 3.98. The lowest BCUT2D eigenvalue weighted by Gasteiger charge is -2.10. The standard InChI is InChI=1S/C21H23N3O4/c1-14(2)21-23-20(28-24-21)13-12-19(25)22-15-8-10-16(11-9-15)27-18-7-5-4-6-17(18)26-3/h4-11,14H,12-13H2,1-3H3,(H,22,25).